The van der Waals surface area contributed by atoms with Crippen molar-refractivity contribution in [2.75, 3.05) is 7.05 Å². The molecule has 0 saturated heterocycles. The van der Waals surface area contributed by atoms with Gasteiger partial charge in [-0.1, -0.05) is 5.16 Å². The van der Waals surface area contributed by atoms with Crippen LogP contribution in [-0.2, 0) is 6.54 Å². The number of aromatic nitrogens is 2. The molecule has 1 heterocycles. The summed E-state index contributed by atoms with van der Waals surface area (Å²) in [4.78, 5) is 8.25. The van der Waals surface area contributed by atoms with Gasteiger partial charge < -0.3 is 15.2 Å². The first-order valence-corrected chi connectivity index (χ1v) is 6.39. The molecule has 0 amide bonds. The fourth-order valence-electron chi connectivity index (χ4n) is 2.23. The van der Waals surface area contributed by atoms with E-state index in [4.69, 9.17) is 9.78 Å². The molecule has 1 fully saturated rings. The van der Waals surface area contributed by atoms with Crippen molar-refractivity contribution in [1.82, 2.24) is 20.8 Å². The van der Waals surface area contributed by atoms with Gasteiger partial charge in [0.25, 0.3) is 0 Å². The van der Waals surface area contributed by atoms with Gasteiger partial charge in [0.2, 0.25) is 5.89 Å². The summed E-state index contributed by atoms with van der Waals surface area (Å²) >= 11 is 0. The maximum Gasteiger partial charge on any atom is 0.223 e. The Morgan fingerprint density at radius 2 is 2.35 bits per heavy atom. The van der Waals surface area contributed by atoms with E-state index in [0.717, 1.165) is 19.3 Å². The molecule has 1 aliphatic rings. The van der Waals surface area contributed by atoms with E-state index in [-0.39, 0.29) is 35.9 Å². The minimum Gasteiger partial charge on any atom is -0.352 e. The summed E-state index contributed by atoms with van der Waals surface area (Å²) in [6, 6.07) is 2.51. The summed E-state index contributed by atoms with van der Waals surface area (Å²) in [6.07, 6.45) is 3.03. The highest BCUT2D eigenvalue weighted by atomic mass is 127. The normalized spacial score (nSPS) is 21.9. The van der Waals surface area contributed by atoms with Crippen molar-refractivity contribution >= 4 is 29.9 Å². The van der Waals surface area contributed by atoms with Crippen LogP contribution in [0.5, 0.6) is 0 Å². The van der Waals surface area contributed by atoms with Gasteiger partial charge in [0.05, 0.1) is 18.5 Å². The molecule has 2 rings (SSSR count). The third kappa shape index (κ3) is 4.33. The molecule has 0 bridgehead atoms. The number of hydrogen-bond acceptors (Lipinski definition) is 5. The predicted octanol–water partition coefficient (Wildman–Crippen LogP) is 1.35. The van der Waals surface area contributed by atoms with Crippen LogP contribution in [0, 0.1) is 24.2 Å². The monoisotopic (exact) mass is 390 g/mol. The Hall–Kier alpha value is -1.37. The molecule has 2 atom stereocenters. The van der Waals surface area contributed by atoms with Gasteiger partial charge in [-0.2, -0.15) is 10.2 Å². The molecule has 2 N–H and O–H groups in total. The second-order valence-corrected chi connectivity index (χ2v) is 4.57. The maximum atomic E-state index is 9.05. The molecule has 110 valence electrons. The number of aliphatic imine (C=N–C) groups is 1. The topological polar surface area (TPSA) is 99.1 Å². The average molecular weight is 390 g/mol. The number of aryl methyl sites for hydroxylation is 1. The third-order valence-corrected chi connectivity index (χ3v) is 3.21. The minimum atomic E-state index is 0. The molecular weight excluding hydrogens is 371 g/mol. The van der Waals surface area contributed by atoms with E-state index in [1.54, 1.807) is 14.0 Å². The van der Waals surface area contributed by atoms with Crippen LogP contribution in [0.4, 0.5) is 0 Å². The molecule has 0 radical (unpaired) electrons. The highest BCUT2D eigenvalue weighted by Gasteiger charge is 2.27. The fourth-order valence-corrected chi connectivity index (χ4v) is 2.23. The Kier molecular flexibility index (Phi) is 6.70. The summed E-state index contributed by atoms with van der Waals surface area (Å²) in [5, 5.41) is 19.2. The van der Waals surface area contributed by atoms with Gasteiger partial charge in [-0.25, -0.2) is 0 Å². The number of nitrogens with one attached hydrogen (secondary N) is 2. The Labute approximate surface area is 135 Å². The summed E-state index contributed by atoms with van der Waals surface area (Å²) in [6.45, 7) is 2.20. The lowest BCUT2D eigenvalue weighted by molar-refractivity contribution is 0.386. The number of rotatable bonds is 3. The SMILES string of the molecule is CN=C(NCc1noc(C)n1)NC1CCCC1C#N.I. The number of halogens is 1. The lowest BCUT2D eigenvalue weighted by atomic mass is 10.1. The zero-order valence-electron chi connectivity index (χ0n) is 11.6. The van der Waals surface area contributed by atoms with Gasteiger partial charge in [-0.3, -0.25) is 4.99 Å². The van der Waals surface area contributed by atoms with Crippen molar-refractivity contribution in [2.45, 2.75) is 38.8 Å². The van der Waals surface area contributed by atoms with E-state index in [1.807, 2.05) is 0 Å². The van der Waals surface area contributed by atoms with Gasteiger partial charge in [0.1, 0.15) is 0 Å². The van der Waals surface area contributed by atoms with Gasteiger partial charge in [0.15, 0.2) is 11.8 Å². The van der Waals surface area contributed by atoms with Crippen molar-refractivity contribution in [3.05, 3.63) is 11.7 Å². The van der Waals surface area contributed by atoms with Gasteiger partial charge >= 0.3 is 0 Å². The van der Waals surface area contributed by atoms with Gasteiger partial charge in [-0.05, 0) is 19.3 Å². The first kappa shape index (κ1) is 16.7. The Morgan fingerprint density at radius 1 is 1.55 bits per heavy atom. The molecule has 2 unspecified atom stereocenters. The van der Waals surface area contributed by atoms with E-state index < -0.39 is 0 Å². The van der Waals surface area contributed by atoms with E-state index >= 15 is 0 Å². The average Bonchev–Trinajstić information content (AvgIpc) is 3.03. The van der Waals surface area contributed by atoms with Crippen LogP contribution < -0.4 is 10.6 Å². The summed E-state index contributed by atoms with van der Waals surface area (Å²) < 4.78 is 4.89. The molecular formula is C12H19IN6O. The van der Waals surface area contributed by atoms with E-state index in [2.05, 4.69) is 31.8 Å². The summed E-state index contributed by atoms with van der Waals surface area (Å²) in [7, 11) is 1.70. The standard InChI is InChI=1S/C12H18N6O.HI/c1-8-16-11(18-19-8)7-15-12(14-2)17-10-5-3-4-9(10)6-13;/h9-10H,3-5,7H2,1-2H3,(H2,14,15,17);1H. The summed E-state index contributed by atoms with van der Waals surface area (Å²) in [5.74, 6) is 1.85. The predicted molar refractivity (Wildman–Crippen MR) is 84.5 cm³/mol. The number of hydrogen-bond donors (Lipinski definition) is 2. The fraction of sp³-hybridized carbons (Fsp3) is 0.667. The molecule has 20 heavy (non-hydrogen) atoms. The molecule has 1 saturated carbocycles. The number of guanidine groups is 1. The molecule has 0 spiro atoms. The Balaban J connectivity index is 0.00000200. The lowest BCUT2D eigenvalue weighted by Gasteiger charge is -2.18. The summed E-state index contributed by atoms with van der Waals surface area (Å²) in [5.41, 5.74) is 0. The molecule has 7 nitrogen and oxygen atoms in total. The van der Waals surface area contributed by atoms with E-state index in [0.29, 0.717) is 24.2 Å². The first-order chi connectivity index (χ1) is 9.22. The number of nitriles is 1. The third-order valence-electron chi connectivity index (χ3n) is 3.21. The molecule has 8 heteroatoms. The van der Waals surface area contributed by atoms with Crippen LogP contribution in [0.1, 0.15) is 31.0 Å². The largest absolute Gasteiger partial charge is 0.352 e. The van der Waals surface area contributed by atoms with Crippen LogP contribution >= 0.6 is 24.0 Å². The van der Waals surface area contributed by atoms with E-state index in [9.17, 15) is 0 Å². The molecule has 0 aromatic carbocycles. The van der Waals surface area contributed by atoms with Crippen LogP contribution in [0.3, 0.4) is 0 Å². The first-order valence-electron chi connectivity index (χ1n) is 6.39. The Bertz CT molecular complexity index is 494. The van der Waals surface area contributed by atoms with Crippen molar-refractivity contribution in [1.29, 1.82) is 5.26 Å². The van der Waals surface area contributed by atoms with Crippen molar-refractivity contribution in [3.8, 4) is 6.07 Å². The molecule has 1 aliphatic carbocycles. The second-order valence-electron chi connectivity index (χ2n) is 4.57. The quantitative estimate of drug-likeness (QED) is 0.459. The van der Waals surface area contributed by atoms with Gasteiger partial charge in [-0.15, -0.1) is 24.0 Å². The van der Waals surface area contributed by atoms with Crippen LogP contribution in [0.15, 0.2) is 9.52 Å². The molecule has 0 aliphatic heterocycles. The van der Waals surface area contributed by atoms with Crippen LogP contribution in [-0.4, -0.2) is 29.2 Å². The van der Waals surface area contributed by atoms with Crippen LogP contribution in [0.25, 0.3) is 0 Å². The minimum absolute atomic E-state index is 0. The zero-order valence-corrected chi connectivity index (χ0v) is 13.9. The molecule has 1 aromatic heterocycles. The highest BCUT2D eigenvalue weighted by molar-refractivity contribution is 14.0. The van der Waals surface area contributed by atoms with Crippen LogP contribution in [0.2, 0.25) is 0 Å². The molecule has 1 aromatic rings. The van der Waals surface area contributed by atoms with Crippen molar-refractivity contribution in [2.24, 2.45) is 10.9 Å². The lowest BCUT2D eigenvalue weighted by Crippen LogP contribution is -2.44. The zero-order chi connectivity index (χ0) is 13.7. The number of nitrogens with zero attached hydrogens (tertiary/aromatic N) is 4. The van der Waals surface area contributed by atoms with Gasteiger partial charge in [0, 0.05) is 20.0 Å². The van der Waals surface area contributed by atoms with E-state index in [1.165, 1.54) is 0 Å². The van der Waals surface area contributed by atoms with Crippen molar-refractivity contribution in [3.63, 3.8) is 0 Å². The maximum absolute atomic E-state index is 9.05. The smallest absolute Gasteiger partial charge is 0.223 e. The highest BCUT2D eigenvalue weighted by Crippen LogP contribution is 2.24. The Morgan fingerprint density at radius 3 is 2.95 bits per heavy atom. The van der Waals surface area contributed by atoms with Crippen molar-refractivity contribution < 1.29 is 4.52 Å². The second kappa shape index (κ2) is 8.04.